The van der Waals surface area contributed by atoms with Crippen LogP contribution >= 0.6 is 0 Å². The summed E-state index contributed by atoms with van der Waals surface area (Å²) in [5.74, 6) is -0.504. The van der Waals surface area contributed by atoms with Crippen molar-refractivity contribution in [3.8, 4) is 5.75 Å². The van der Waals surface area contributed by atoms with Crippen LogP contribution in [0.5, 0.6) is 5.75 Å². The summed E-state index contributed by atoms with van der Waals surface area (Å²) in [4.78, 5) is 27.8. The van der Waals surface area contributed by atoms with Crippen LogP contribution in [0, 0.1) is 5.82 Å². The van der Waals surface area contributed by atoms with E-state index < -0.39 is 29.3 Å². The number of carbonyl (C=O) groups excluding carboxylic acids is 1. The maximum Gasteiger partial charge on any atom is 0.407 e. The highest BCUT2D eigenvalue weighted by molar-refractivity contribution is 5.94. The molecule has 36 heavy (non-hydrogen) atoms. The topological polar surface area (TPSA) is 127 Å². The Morgan fingerprint density at radius 1 is 1.36 bits per heavy atom. The van der Waals surface area contributed by atoms with Gasteiger partial charge < -0.3 is 25.2 Å². The third-order valence-corrected chi connectivity index (χ3v) is 5.82. The number of carboxylic acid groups (broad SMARTS) is 1. The number of ether oxygens (including phenoxy) is 2. The van der Waals surface area contributed by atoms with Gasteiger partial charge in [0.15, 0.2) is 5.65 Å². The molecule has 0 radical (unpaired) electrons. The summed E-state index contributed by atoms with van der Waals surface area (Å²) in [5, 5.41) is 19.3. The molecule has 1 aromatic carbocycles. The van der Waals surface area contributed by atoms with Crippen molar-refractivity contribution >= 4 is 23.5 Å². The van der Waals surface area contributed by atoms with Gasteiger partial charge in [-0.15, -0.1) is 0 Å². The molecule has 1 amide bonds. The lowest BCUT2D eigenvalue weighted by Crippen LogP contribution is -2.38. The molecule has 3 N–H and O–H groups in total. The summed E-state index contributed by atoms with van der Waals surface area (Å²) in [7, 11) is 0. The normalized spacial score (nSPS) is 17.8. The maximum absolute atomic E-state index is 14.5. The minimum atomic E-state index is -1.13. The standard InChI is InChI=1S/C25H30FN5O5/c1-14(29-19-6-9-31-21(30-19)18(13-28-31)22(32)33)17-11-16(26)10-15-12-25(5,35-20(15)17)7-8-27-23(34)36-24(2,3)4/h6,9-11,13-14H,7-8,12H2,1-5H3,(H,27,34)(H,29,30)(H,32,33)/t14-,25+/m1/s1. The summed E-state index contributed by atoms with van der Waals surface area (Å²) >= 11 is 0. The van der Waals surface area contributed by atoms with Gasteiger partial charge in [0.25, 0.3) is 0 Å². The van der Waals surface area contributed by atoms with Crippen LogP contribution in [0.2, 0.25) is 0 Å². The zero-order valence-corrected chi connectivity index (χ0v) is 20.9. The molecule has 0 saturated heterocycles. The molecule has 4 rings (SSSR count). The lowest BCUT2D eigenvalue weighted by atomic mass is 9.94. The van der Waals surface area contributed by atoms with Gasteiger partial charge in [-0.2, -0.15) is 5.10 Å². The molecule has 10 nitrogen and oxygen atoms in total. The molecule has 1 aliphatic heterocycles. The average Bonchev–Trinajstić information content (AvgIpc) is 3.32. The first kappa shape index (κ1) is 25.2. The number of nitrogens with zero attached hydrogens (tertiary/aromatic N) is 3. The van der Waals surface area contributed by atoms with Crippen molar-refractivity contribution in [1.29, 1.82) is 0 Å². The van der Waals surface area contributed by atoms with Crippen LogP contribution in [0.4, 0.5) is 15.0 Å². The number of hydrogen-bond acceptors (Lipinski definition) is 7. The Balaban J connectivity index is 1.48. The van der Waals surface area contributed by atoms with Crippen molar-refractivity contribution in [3.63, 3.8) is 0 Å². The number of hydrogen-bond donors (Lipinski definition) is 3. The summed E-state index contributed by atoms with van der Waals surface area (Å²) in [6.45, 7) is 9.50. The number of nitrogens with one attached hydrogen (secondary N) is 2. The Bertz CT molecular complexity index is 1320. The molecule has 0 saturated carbocycles. The van der Waals surface area contributed by atoms with E-state index in [1.165, 1.54) is 22.8 Å². The number of halogens is 1. The minimum Gasteiger partial charge on any atom is -0.486 e. The number of benzene rings is 1. The van der Waals surface area contributed by atoms with Gasteiger partial charge in [-0.25, -0.2) is 23.5 Å². The average molecular weight is 500 g/mol. The highest BCUT2D eigenvalue weighted by Gasteiger charge is 2.37. The molecule has 0 aliphatic carbocycles. The second kappa shape index (κ2) is 9.29. The van der Waals surface area contributed by atoms with E-state index in [1.54, 1.807) is 33.0 Å². The molecule has 11 heteroatoms. The quantitative estimate of drug-likeness (QED) is 0.438. The third kappa shape index (κ3) is 5.50. The van der Waals surface area contributed by atoms with Gasteiger partial charge in [-0.3, -0.25) is 0 Å². The number of aromatic carboxylic acids is 1. The predicted octanol–water partition coefficient (Wildman–Crippen LogP) is 4.35. The Morgan fingerprint density at radius 2 is 2.11 bits per heavy atom. The van der Waals surface area contributed by atoms with Crippen molar-refractivity contribution in [2.45, 2.75) is 64.7 Å². The van der Waals surface area contributed by atoms with Crippen molar-refractivity contribution in [2.75, 3.05) is 11.9 Å². The second-order valence-corrected chi connectivity index (χ2v) is 10.2. The predicted molar refractivity (Wildman–Crippen MR) is 130 cm³/mol. The van der Waals surface area contributed by atoms with Crippen LogP contribution in [0.1, 0.15) is 68.6 Å². The fraction of sp³-hybridized carbons (Fsp3) is 0.440. The molecule has 3 heterocycles. The van der Waals surface area contributed by atoms with E-state index in [9.17, 15) is 19.1 Å². The van der Waals surface area contributed by atoms with E-state index in [-0.39, 0.29) is 17.0 Å². The Labute approximate surface area is 207 Å². The van der Waals surface area contributed by atoms with Crippen molar-refractivity contribution in [1.82, 2.24) is 19.9 Å². The number of anilines is 1. The van der Waals surface area contributed by atoms with Gasteiger partial charge in [0.05, 0.1) is 12.2 Å². The molecule has 1 aliphatic rings. The molecule has 0 spiro atoms. The van der Waals surface area contributed by atoms with Gasteiger partial charge in [0.2, 0.25) is 0 Å². The Kier molecular flexibility index (Phi) is 6.50. The smallest absolute Gasteiger partial charge is 0.407 e. The number of rotatable bonds is 7. The van der Waals surface area contributed by atoms with E-state index >= 15 is 0 Å². The van der Waals surface area contributed by atoms with Gasteiger partial charge in [0, 0.05) is 36.7 Å². The zero-order chi connectivity index (χ0) is 26.3. The third-order valence-electron chi connectivity index (χ3n) is 5.82. The molecule has 3 aromatic rings. The lowest BCUT2D eigenvalue weighted by molar-refractivity contribution is 0.0502. The summed E-state index contributed by atoms with van der Waals surface area (Å²) < 4.78 is 27.5. The maximum atomic E-state index is 14.5. The Hall–Kier alpha value is -3.89. The first-order valence-electron chi connectivity index (χ1n) is 11.7. The highest BCUT2D eigenvalue weighted by Crippen LogP contribution is 2.42. The van der Waals surface area contributed by atoms with Crippen LogP contribution in [0.15, 0.2) is 30.6 Å². The monoisotopic (exact) mass is 499 g/mol. The largest absolute Gasteiger partial charge is 0.486 e. The second-order valence-electron chi connectivity index (χ2n) is 10.2. The molecular formula is C25H30FN5O5. The van der Waals surface area contributed by atoms with E-state index in [4.69, 9.17) is 9.47 Å². The van der Waals surface area contributed by atoms with E-state index in [0.717, 1.165) is 5.56 Å². The molecule has 0 bridgehead atoms. The van der Waals surface area contributed by atoms with Crippen LogP contribution in [-0.4, -0.2) is 49.5 Å². The fourth-order valence-electron chi connectivity index (χ4n) is 4.22. The van der Waals surface area contributed by atoms with Gasteiger partial charge in [-0.05, 0) is 52.8 Å². The van der Waals surface area contributed by atoms with Gasteiger partial charge in [0.1, 0.15) is 34.2 Å². The number of aromatic nitrogens is 3. The fourth-order valence-corrected chi connectivity index (χ4v) is 4.22. The van der Waals surface area contributed by atoms with E-state index in [0.29, 0.717) is 36.5 Å². The first-order valence-corrected chi connectivity index (χ1v) is 11.7. The number of carbonyl (C=O) groups is 2. The summed E-state index contributed by atoms with van der Waals surface area (Å²) in [6, 6.07) is 4.15. The van der Waals surface area contributed by atoms with Crippen molar-refractivity contribution < 1.29 is 28.6 Å². The number of carboxylic acids is 1. The number of alkyl carbamates (subject to hydrolysis) is 1. The van der Waals surface area contributed by atoms with Crippen molar-refractivity contribution in [2.24, 2.45) is 0 Å². The molecule has 0 fully saturated rings. The molecule has 192 valence electrons. The number of amides is 1. The molecular weight excluding hydrogens is 469 g/mol. The number of fused-ring (bicyclic) bond motifs is 2. The lowest BCUT2D eigenvalue weighted by Gasteiger charge is -2.26. The molecule has 2 aromatic heterocycles. The molecule has 2 atom stereocenters. The van der Waals surface area contributed by atoms with E-state index in [1.807, 2.05) is 13.8 Å². The zero-order valence-electron chi connectivity index (χ0n) is 20.9. The van der Waals surface area contributed by atoms with Gasteiger partial charge in [-0.1, -0.05) is 0 Å². The SMILES string of the molecule is C[C@@H](Nc1ccn2ncc(C(=O)O)c2n1)c1cc(F)cc2c1O[C@@](C)(CCNC(=O)OC(C)(C)C)C2. The highest BCUT2D eigenvalue weighted by atomic mass is 19.1. The molecule has 0 unspecified atom stereocenters. The van der Waals surface area contributed by atoms with Crippen LogP contribution in [-0.2, 0) is 11.2 Å². The van der Waals surface area contributed by atoms with Gasteiger partial charge >= 0.3 is 12.1 Å². The first-order chi connectivity index (χ1) is 16.8. The Morgan fingerprint density at radius 3 is 2.81 bits per heavy atom. The minimum absolute atomic E-state index is 0.0166. The van der Waals surface area contributed by atoms with Crippen LogP contribution in [0.3, 0.4) is 0 Å². The van der Waals surface area contributed by atoms with E-state index in [2.05, 4.69) is 20.7 Å². The van der Waals surface area contributed by atoms with Crippen LogP contribution < -0.4 is 15.4 Å². The summed E-state index contributed by atoms with van der Waals surface area (Å²) in [5.41, 5.74) is 0.317. The van der Waals surface area contributed by atoms with Crippen molar-refractivity contribution in [3.05, 3.63) is 53.1 Å². The summed E-state index contributed by atoms with van der Waals surface area (Å²) in [6.07, 6.45) is 3.33. The van der Waals surface area contributed by atoms with Crippen LogP contribution in [0.25, 0.3) is 5.65 Å².